The second-order valence-corrected chi connectivity index (χ2v) is 4.20. The van der Waals surface area contributed by atoms with Crippen LogP contribution in [0.25, 0.3) is 0 Å². The maximum atomic E-state index is 11.4. The summed E-state index contributed by atoms with van der Waals surface area (Å²) >= 11 is 0. The van der Waals surface area contributed by atoms with Gasteiger partial charge in [-0.15, -0.1) is 0 Å². The molecule has 1 rings (SSSR count). The molecule has 0 heterocycles. The number of esters is 1. The van der Waals surface area contributed by atoms with E-state index in [9.17, 15) is 9.90 Å². The highest BCUT2D eigenvalue weighted by Crippen LogP contribution is 2.23. The van der Waals surface area contributed by atoms with Gasteiger partial charge in [0.05, 0.1) is 18.6 Å². The fourth-order valence-corrected chi connectivity index (χ4v) is 1.64. The number of benzene rings is 1. The minimum absolute atomic E-state index is 0.202. The number of hydrogen-bond donors (Lipinski definition) is 1. The van der Waals surface area contributed by atoms with Gasteiger partial charge in [0.1, 0.15) is 0 Å². The molecule has 0 fully saturated rings. The van der Waals surface area contributed by atoms with Crippen LogP contribution in [0.2, 0.25) is 0 Å². The SMILES string of the molecule is CC.CCOC(=O)Cc1ccccc1C(C)(C)O. The van der Waals surface area contributed by atoms with Gasteiger partial charge in [-0.1, -0.05) is 38.1 Å². The van der Waals surface area contributed by atoms with Gasteiger partial charge in [-0.2, -0.15) is 0 Å². The van der Waals surface area contributed by atoms with E-state index >= 15 is 0 Å². The first kappa shape index (κ1) is 16.6. The summed E-state index contributed by atoms with van der Waals surface area (Å²) in [6.07, 6.45) is 0.202. The summed E-state index contributed by atoms with van der Waals surface area (Å²) in [5.41, 5.74) is 0.639. The Morgan fingerprint density at radius 2 is 1.83 bits per heavy atom. The molecule has 3 nitrogen and oxygen atoms in total. The first-order valence-electron chi connectivity index (χ1n) is 6.41. The lowest BCUT2D eigenvalue weighted by atomic mass is 9.92. The number of aliphatic hydroxyl groups is 1. The molecule has 1 N–H and O–H groups in total. The van der Waals surface area contributed by atoms with Gasteiger partial charge in [0.25, 0.3) is 0 Å². The van der Waals surface area contributed by atoms with Crippen LogP contribution < -0.4 is 0 Å². The molecule has 0 aliphatic rings. The van der Waals surface area contributed by atoms with Gasteiger partial charge in [0.2, 0.25) is 0 Å². The molecule has 1 aromatic carbocycles. The Balaban J connectivity index is 0.00000137. The van der Waals surface area contributed by atoms with E-state index in [0.29, 0.717) is 6.61 Å². The second kappa shape index (κ2) is 7.88. The van der Waals surface area contributed by atoms with Gasteiger partial charge in [-0.25, -0.2) is 0 Å². The third-order valence-corrected chi connectivity index (χ3v) is 2.32. The number of carbonyl (C=O) groups excluding carboxylic acids is 1. The van der Waals surface area contributed by atoms with Gasteiger partial charge in [0.15, 0.2) is 0 Å². The third-order valence-electron chi connectivity index (χ3n) is 2.32. The first-order valence-corrected chi connectivity index (χ1v) is 6.41. The zero-order valence-corrected chi connectivity index (χ0v) is 12.0. The molecular formula is C15H24O3. The van der Waals surface area contributed by atoms with Gasteiger partial charge in [0, 0.05) is 0 Å². The summed E-state index contributed by atoms with van der Waals surface area (Å²) in [7, 11) is 0. The van der Waals surface area contributed by atoms with Crippen molar-refractivity contribution in [1.29, 1.82) is 0 Å². The van der Waals surface area contributed by atoms with Crippen LogP contribution in [-0.2, 0) is 21.6 Å². The normalized spacial score (nSPS) is 10.3. The van der Waals surface area contributed by atoms with E-state index in [2.05, 4.69) is 0 Å². The Bertz CT molecular complexity index is 364. The van der Waals surface area contributed by atoms with Gasteiger partial charge in [-0.05, 0) is 31.9 Å². The molecule has 0 radical (unpaired) electrons. The van der Waals surface area contributed by atoms with Crippen LogP contribution in [0.1, 0.15) is 45.7 Å². The maximum absolute atomic E-state index is 11.4. The quantitative estimate of drug-likeness (QED) is 0.838. The molecule has 0 saturated carbocycles. The molecule has 1 aromatic rings. The summed E-state index contributed by atoms with van der Waals surface area (Å²) < 4.78 is 4.89. The minimum Gasteiger partial charge on any atom is -0.466 e. The highest BCUT2D eigenvalue weighted by Gasteiger charge is 2.20. The van der Waals surface area contributed by atoms with Crippen LogP contribution in [0.4, 0.5) is 0 Å². The molecular weight excluding hydrogens is 228 g/mol. The molecule has 102 valence electrons. The first-order chi connectivity index (χ1) is 8.45. The summed E-state index contributed by atoms with van der Waals surface area (Å²) in [6.45, 7) is 9.57. The fourth-order valence-electron chi connectivity index (χ4n) is 1.64. The van der Waals surface area contributed by atoms with Crippen LogP contribution in [-0.4, -0.2) is 17.7 Å². The molecule has 0 saturated heterocycles. The van der Waals surface area contributed by atoms with Crippen molar-refractivity contribution >= 4 is 5.97 Å². The Kier molecular flexibility index (Phi) is 7.29. The highest BCUT2D eigenvalue weighted by atomic mass is 16.5. The molecule has 0 amide bonds. The van der Waals surface area contributed by atoms with Crippen molar-refractivity contribution in [3.63, 3.8) is 0 Å². The van der Waals surface area contributed by atoms with Crippen molar-refractivity contribution < 1.29 is 14.6 Å². The average molecular weight is 252 g/mol. The van der Waals surface area contributed by atoms with E-state index in [4.69, 9.17) is 4.74 Å². The predicted octanol–water partition coefficient (Wildman–Crippen LogP) is 3.05. The summed E-state index contributed by atoms with van der Waals surface area (Å²) in [6, 6.07) is 7.37. The zero-order chi connectivity index (χ0) is 14.2. The lowest BCUT2D eigenvalue weighted by Gasteiger charge is -2.21. The summed E-state index contributed by atoms with van der Waals surface area (Å²) in [5, 5.41) is 9.96. The third kappa shape index (κ3) is 5.32. The van der Waals surface area contributed by atoms with Crippen LogP contribution in [0.5, 0.6) is 0 Å². The van der Waals surface area contributed by atoms with Gasteiger partial charge >= 0.3 is 5.97 Å². The summed E-state index contributed by atoms with van der Waals surface area (Å²) in [5.74, 6) is -0.265. The van der Waals surface area contributed by atoms with Crippen LogP contribution >= 0.6 is 0 Å². The lowest BCUT2D eigenvalue weighted by Crippen LogP contribution is -2.19. The monoisotopic (exact) mass is 252 g/mol. The Labute approximate surface area is 110 Å². The predicted molar refractivity (Wildman–Crippen MR) is 73.4 cm³/mol. The average Bonchev–Trinajstić information content (AvgIpc) is 2.31. The smallest absolute Gasteiger partial charge is 0.310 e. The number of carbonyl (C=O) groups is 1. The molecule has 0 aliphatic carbocycles. The molecule has 0 bridgehead atoms. The Hall–Kier alpha value is -1.35. The number of rotatable bonds is 4. The second-order valence-electron chi connectivity index (χ2n) is 4.20. The van der Waals surface area contributed by atoms with Crippen LogP contribution in [0.15, 0.2) is 24.3 Å². The highest BCUT2D eigenvalue weighted by molar-refractivity contribution is 5.73. The van der Waals surface area contributed by atoms with Crippen molar-refractivity contribution in [2.24, 2.45) is 0 Å². The van der Waals surface area contributed by atoms with Gasteiger partial charge < -0.3 is 9.84 Å². The van der Waals surface area contributed by atoms with Crippen molar-refractivity contribution in [2.45, 2.75) is 46.6 Å². The maximum Gasteiger partial charge on any atom is 0.310 e. The van der Waals surface area contributed by atoms with E-state index in [-0.39, 0.29) is 12.4 Å². The number of ether oxygens (including phenoxy) is 1. The van der Waals surface area contributed by atoms with E-state index in [1.54, 1.807) is 20.8 Å². The van der Waals surface area contributed by atoms with Crippen molar-refractivity contribution in [2.75, 3.05) is 6.61 Å². The molecule has 0 aliphatic heterocycles. The van der Waals surface area contributed by atoms with Crippen LogP contribution in [0, 0.1) is 0 Å². The summed E-state index contributed by atoms with van der Waals surface area (Å²) in [4.78, 5) is 11.4. The zero-order valence-electron chi connectivity index (χ0n) is 12.0. The fraction of sp³-hybridized carbons (Fsp3) is 0.533. The van der Waals surface area contributed by atoms with Crippen molar-refractivity contribution in [3.05, 3.63) is 35.4 Å². The van der Waals surface area contributed by atoms with E-state index in [0.717, 1.165) is 11.1 Å². The molecule has 3 heteroatoms. The van der Waals surface area contributed by atoms with Crippen molar-refractivity contribution in [3.8, 4) is 0 Å². The van der Waals surface area contributed by atoms with Crippen molar-refractivity contribution in [1.82, 2.24) is 0 Å². The Morgan fingerprint density at radius 1 is 1.28 bits per heavy atom. The molecule has 0 aromatic heterocycles. The van der Waals surface area contributed by atoms with E-state index in [1.807, 2.05) is 38.1 Å². The van der Waals surface area contributed by atoms with E-state index in [1.165, 1.54) is 0 Å². The Morgan fingerprint density at radius 3 is 2.33 bits per heavy atom. The molecule has 18 heavy (non-hydrogen) atoms. The largest absolute Gasteiger partial charge is 0.466 e. The molecule has 0 atom stereocenters. The lowest BCUT2D eigenvalue weighted by molar-refractivity contribution is -0.142. The standard InChI is InChI=1S/C13H18O3.C2H6/c1-4-16-12(14)9-10-7-5-6-8-11(10)13(2,3)15;1-2/h5-8,15H,4,9H2,1-3H3;1-2H3. The van der Waals surface area contributed by atoms with E-state index < -0.39 is 5.60 Å². The topological polar surface area (TPSA) is 46.5 Å². The number of hydrogen-bond acceptors (Lipinski definition) is 3. The van der Waals surface area contributed by atoms with Gasteiger partial charge in [-0.3, -0.25) is 4.79 Å². The minimum atomic E-state index is -0.941. The molecule has 0 unspecified atom stereocenters. The van der Waals surface area contributed by atoms with Crippen LogP contribution in [0.3, 0.4) is 0 Å². The molecule has 0 spiro atoms.